The standard InChI is InChI=1S/C17H20N6O3/c1-20(2)15-5-4-13(23(25)26)12-14(15)16(24)21-8-10-22(11-9-21)17-18-6-3-7-19-17/h3-7,12H,8-11H2,1-2H3. The van der Waals surface area contributed by atoms with Crippen LogP contribution in [0.15, 0.2) is 36.7 Å². The van der Waals surface area contributed by atoms with Crippen LogP contribution in [0.1, 0.15) is 10.4 Å². The van der Waals surface area contributed by atoms with Gasteiger partial charge in [-0.3, -0.25) is 14.9 Å². The second-order valence-corrected chi connectivity index (χ2v) is 6.18. The molecule has 1 amide bonds. The summed E-state index contributed by atoms with van der Waals surface area (Å²) in [6, 6.07) is 6.13. The Hall–Kier alpha value is -3.23. The van der Waals surface area contributed by atoms with Gasteiger partial charge in [0.1, 0.15) is 0 Å². The van der Waals surface area contributed by atoms with Crippen molar-refractivity contribution in [2.24, 2.45) is 0 Å². The number of non-ortho nitro benzene ring substituents is 1. The van der Waals surface area contributed by atoms with Crippen LogP contribution in [-0.4, -0.2) is 66.0 Å². The number of benzene rings is 1. The lowest BCUT2D eigenvalue weighted by Crippen LogP contribution is -2.49. The van der Waals surface area contributed by atoms with Gasteiger partial charge < -0.3 is 14.7 Å². The predicted octanol–water partition coefficient (Wildman–Crippen LogP) is 1.41. The Balaban J connectivity index is 1.78. The lowest BCUT2D eigenvalue weighted by atomic mass is 10.1. The highest BCUT2D eigenvalue weighted by Crippen LogP contribution is 2.26. The van der Waals surface area contributed by atoms with Crippen LogP contribution < -0.4 is 9.80 Å². The van der Waals surface area contributed by atoms with Crippen molar-refractivity contribution in [2.45, 2.75) is 0 Å². The molecule has 2 heterocycles. The van der Waals surface area contributed by atoms with E-state index >= 15 is 0 Å². The van der Waals surface area contributed by atoms with Crippen molar-refractivity contribution < 1.29 is 9.72 Å². The highest BCUT2D eigenvalue weighted by molar-refractivity contribution is 6.00. The van der Waals surface area contributed by atoms with E-state index in [1.54, 1.807) is 34.3 Å². The number of piperazine rings is 1. The number of carbonyl (C=O) groups excluding carboxylic acids is 1. The van der Waals surface area contributed by atoms with Crippen LogP contribution in [0.5, 0.6) is 0 Å². The minimum atomic E-state index is -0.485. The fourth-order valence-electron chi connectivity index (χ4n) is 2.93. The monoisotopic (exact) mass is 356 g/mol. The predicted molar refractivity (Wildman–Crippen MR) is 97.6 cm³/mol. The second-order valence-electron chi connectivity index (χ2n) is 6.18. The van der Waals surface area contributed by atoms with E-state index in [0.29, 0.717) is 43.4 Å². The summed E-state index contributed by atoms with van der Waals surface area (Å²) in [6.45, 7) is 2.24. The molecule has 2 aromatic rings. The first kappa shape index (κ1) is 17.6. The molecule has 1 aromatic heterocycles. The molecule has 1 aromatic carbocycles. The van der Waals surface area contributed by atoms with Crippen LogP contribution in [0.2, 0.25) is 0 Å². The van der Waals surface area contributed by atoms with E-state index in [2.05, 4.69) is 9.97 Å². The number of carbonyl (C=O) groups is 1. The van der Waals surface area contributed by atoms with Gasteiger partial charge >= 0.3 is 0 Å². The molecule has 0 aliphatic carbocycles. The van der Waals surface area contributed by atoms with Gasteiger partial charge in [0.05, 0.1) is 10.5 Å². The Labute approximate surface area is 151 Å². The SMILES string of the molecule is CN(C)c1ccc([N+](=O)[O-])cc1C(=O)N1CCN(c2ncccn2)CC1. The van der Waals surface area contributed by atoms with Gasteiger partial charge in [-0.15, -0.1) is 0 Å². The summed E-state index contributed by atoms with van der Waals surface area (Å²) in [4.78, 5) is 37.5. The van der Waals surface area contributed by atoms with E-state index in [9.17, 15) is 14.9 Å². The Morgan fingerprint density at radius 1 is 1.15 bits per heavy atom. The van der Waals surface area contributed by atoms with E-state index in [0.717, 1.165) is 0 Å². The normalized spacial score (nSPS) is 14.2. The van der Waals surface area contributed by atoms with Crippen LogP contribution in [0.4, 0.5) is 17.3 Å². The quantitative estimate of drug-likeness (QED) is 0.604. The van der Waals surface area contributed by atoms with Crippen molar-refractivity contribution in [3.63, 3.8) is 0 Å². The maximum Gasteiger partial charge on any atom is 0.270 e. The largest absolute Gasteiger partial charge is 0.377 e. The van der Waals surface area contributed by atoms with Crippen molar-refractivity contribution in [3.05, 3.63) is 52.3 Å². The number of nitrogens with zero attached hydrogens (tertiary/aromatic N) is 6. The average molecular weight is 356 g/mol. The van der Waals surface area contributed by atoms with Crippen LogP contribution in [0.3, 0.4) is 0 Å². The van der Waals surface area contributed by atoms with Crippen molar-refractivity contribution in [3.8, 4) is 0 Å². The molecular formula is C17H20N6O3. The van der Waals surface area contributed by atoms with Crippen LogP contribution in [0, 0.1) is 10.1 Å². The zero-order valence-electron chi connectivity index (χ0n) is 14.7. The first-order valence-corrected chi connectivity index (χ1v) is 8.24. The molecule has 9 heteroatoms. The molecule has 1 fully saturated rings. The maximum absolute atomic E-state index is 13.0. The number of rotatable bonds is 4. The molecule has 0 saturated carbocycles. The van der Waals surface area contributed by atoms with Crippen LogP contribution in [0.25, 0.3) is 0 Å². The lowest BCUT2D eigenvalue weighted by molar-refractivity contribution is -0.384. The molecular weight excluding hydrogens is 336 g/mol. The number of anilines is 2. The highest BCUT2D eigenvalue weighted by atomic mass is 16.6. The van der Waals surface area contributed by atoms with E-state index in [1.165, 1.54) is 12.1 Å². The van der Waals surface area contributed by atoms with E-state index in [-0.39, 0.29) is 11.6 Å². The molecule has 0 radical (unpaired) electrons. The van der Waals surface area contributed by atoms with E-state index in [4.69, 9.17) is 0 Å². The summed E-state index contributed by atoms with van der Waals surface area (Å²) >= 11 is 0. The molecule has 9 nitrogen and oxygen atoms in total. The second kappa shape index (κ2) is 7.34. The average Bonchev–Trinajstić information content (AvgIpc) is 2.67. The lowest BCUT2D eigenvalue weighted by Gasteiger charge is -2.35. The summed E-state index contributed by atoms with van der Waals surface area (Å²) < 4.78 is 0. The molecule has 1 saturated heterocycles. The number of hydrogen-bond donors (Lipinski definition) is 0. The van der Waals surface area contributed by atoms with E-state index in [1.807, 2.05) is 19.0 Å². The van der Waals surface area contributed by atoms with Crippen molar-refractivity contribution in [2.75, 3.05) is 50.1 Å². The molecule has 26 heavy (non-hydrogen) atoms. The zero-order chi connectivity index (χ0) is 18.7. The maximum atomic E-state index is 13.0. The molecule has 1 aliphatic rings. The Kier molecular flexibility index (Phi) is 4.97. The molecule has 136 valence electrons. The fraction of sp³-hybridized carbons (Fsp3) is 0.353. The Bertz CT molecular complexity index is 803. The number of nitro benzene ring substituents is 1. The summed E-state index contributed by atoms with van der Waals surface area (Å²) in [7, 11) is 3.62. The molecule has 1 aliphatic heterocycles. The third-order valence-corrected chi connectivity index (χ3v) is 4.31. The summed E-state index contributed by atoms with van der Waals surface area (Å²) in [6.07, 6.45) is 3.37. The first-order chi connectivity index (χ1) is 12.5. The Morgan fingerprint density at radius 2 is 1.81 bits per heavy atom. The molecule has 3 rings (SSSR count). The summed E-state index contributed by atoms with van der Waals surface area (Å²) in [5.41, 5.74) is 0.915. The van der Waals surface area contributed by atoms with Crippen LogP contribution >= 0.6 is 0 Å². The first-order valence-electron chi connectivity index (χ1n) is 8.24. The third-order valence-electron chi connectivity index (χ3n) is 4.31. The summed E-state index contributed by atoms with van der Waals surface area (Å²) in [5.74, 6) is 0.440. The minimum Gasteiger partial charge on any atom is -0.377 e. The summed E-state index contributed by atoms with van der Waals surface area (Å²) in [5, 5.41) is 11.1. The van der Waals surface area contributed by atoms with Crippen molar-refractivity contribution in [1.29, 1.82) is 0 Å². The molecule has 0 atom stereocenters. The van der Waals surface area contributed by atoms with Crippen molar-refractivity contribution in [1.82, 2.24) is 14.9 Å². The van der Waals surface area contributed by atoms with Gasteiger partial charge in [0.15, 0.2) is 0 Å². The van der Waals surface area contributed by atoms with Gasteiger partial charge in [-0.05, 0) is 12.1 Å². The number of nitro groups is 1. The van der Waals surface area contributed by atoms with Gasteiger partial charge in [-0.2, -0.15) is 0 Å². The smallest absolute Gasteiger partial charge is 0.270 e. The minimum absolute atomic E-state index is 0.0877. The van der Waals surface area contributed by atoms with Gasteiger partial charge in [-0.25, -0.2) is 9.97 Å². The van der Waals surface area contributed by atoms with Gasteiger partial charge in [0.25, 0.3) is 11.6 Å². The van der Waals surface area contributed by atoms with Crippen molar-refractivity contribution >= 4 is 23.2 Å². The molecule has 0 bridgehead atoms. The van der Waals surface area contributed by atoms with Gasteiger partial charge in [-0.1, -0.05) is 0 Å². The van der Waals surface area contributed by atoms with Gasteiger partial charge in [0, 0.05) is 70.5 Å². The number of aromatic nitrogens is 2. The Morgan fingerprint density at radius 3 is 2.38 bits per heavy atom. The zero-order valence-corrected chi connectivity index (χ0v) is 14.7. The topological polar surface area (TPSA) is 95.7 Å². The third kappa shape index (κ3) is 3.56. The molecule has 0 N–H and O–H groups in total. The molecule has 0 spiro atoms. The number of amides is 1. The number of hydrogen-bond acceptors (Lipinski definition) is 7. The fourth-order valence-corrected chi connectivity index (χ4v) is 2.93. The highest BCUT2D eigenvalue weighted by Gasteiger charge is 2.26. The molecule has 0 unspecified atom stereocenters. The van der Waals surface area contributed by atoms with Crippen LogP contribution in [-0.2, 0) is 0 Å². The van der Waals surface area contributed by atoms with E-state index < -0.39 is 4.92 Å². The van der Waals surface area contributed by atoms with Gasteiger partial charge in [0.2, 0.25) is 5.95 Å².